The number of nitrogens with one attached hydrogen (secondary N) is 1. The Bertz CT molecular complexity index is 725. The number of ether oxygens (including phenoxy) is 1. The summed E-state index contributed by atoms with van der Waals surface area (Å²) in [6.07, 6.45) is 1.40. The van der Waals surface area contributed by atoms with E-state index in [4.69, 9.17) is 4.74 Å². The van der Waals surface area contributed by atoms with Crippen molar-refractivity contribution in [3.63, 3.8) is 0 Å². The molecule has 1 N–H and O–H groups in total. The molecular formula is C21H25NO3. The molecule has 132 valence electrons. The minimum atomic E-state index is -0.671. The zero-order chi connectivity index (χ0) is 18.2. The van der Waals surface area contributed by atoms with Crippen molar-refractivity contribution in [2.75, 3.05) is 7.11 Å². The summed E-state index contributed by atoms with van der Waals surface area (Å²) in [4.78, 5) is 24.3. The van der Waals surface area contributed by atoms with Gasteiger partial charge in [-0.2, -0.15) is 0 Å². The van der Waals surface area contributed by atoms with E-state index in [-0.39, 0.29) is 5.91 Å². The molecule has 0 saturated heterocycles. The van der Waals surface area contributed by atoms with E-state index in [2.05, 4.69) is 5.32 Å². The summed E-state index contributed by atoms with van der Waals surface area (Å²) in [6.45, 7) is 4.08. The maximum atomic E-state index is 12.2. The molecular weight excluding hydrogens is 314 g/mol. The lowest BCUT2D eigenvalue weighted by Crippen LogP contribution is -2.43. The quantitative estimate of drug-likeness (QED) is 0.789. The SMILES string of the molecule is COC(=O)[C@H](Cc1ccc(C)c(C)c1)NC(=O)CCc1ccccc1. The normalized spacial score (nSPS) is 11.6. The maximum Gasteiger partial charge on any atom is 0.328 e. The molecule has 1 atom stereocenters. The highest BCUT2D eigenvalue weighted by molar-refractivity contribution is 5.84. The van der Waals surface area contributed by atoms with Gasteiger partial charge in [-0.1, -0.05) is 48.5 Å². The van der Waals surface area contributed by atoms with Crippen LogP contribution in [0.4, 0.5) is 0 Å². The van der Waals surface area contributed by atoms with Crippen LogP contribution >= 0.6 is 0 Å². The molecule has 2 rings (SSSR count). The number of carbonyl (C=O) groups excluding carboxylic acids is 2. The van der Waals surface area contributed by atoms with Crippen molar-refractivity contribution >= 4 is 11.9 Å². The first kappa shape index (κ1) is 18.7. The highest BCUT2D eigenvalue weighted by atomic mass is 16.5. The zero-order valence-electron chi connectivity index (χ0n) is 15.0. The Labute approximate surface area is 149 Å². The van der Waals surface area contributed by atoms with Crippen LogP contribution in [0.5, 0.6) is 0 Å². The van der Waals surface area contributed by atoms with Gasteiger partial charge in [-0.05, 0) is 42.5 Å². The van der Waals surface area contributed by atoms with Crippen molar-refractivity contribution in [2.45, 2.75) is 39.2 Å². The number of esters is 1. The van der Waals surface area contributed by atoms with Crippen LogP contribution in [0.2, 0.25) is 0 Å². The minimum Gasteiger partial charge on any atom is -0.467 e. The summed E-state index contributed by atoms with van der Waals surface area (Å²) in [7, 11) is 1.34. The highest BCUT2D eigenvalue weighted by Gasteiger charge is 2.22. The second-order valence-electron chi connectivity index (χ2n) is 6.25. The van der Waals surface area contributed by atoms with E-state index in [0.717, 1.165) is 16.7 Å². The maximum absolute atomic E-state index is 12.2. The number of methoxy groups -OCH3 is 1. The third-order valence-corrected chi connectivity index (χ3v) is 4.32. The molecule has 0 aliphatic carbocycles. The number of aryl methyl sites for hydroxylation is 3. The molecule has 0 aromatic heterocycles. The summed E-state index contributed by atoms with van der Waals surface area (Å²) < 4.78 is 4.85. The van der Waals surface area contributed by atoms with Crippen molar-refractivity contribution in [3.8, 4) is 0 Å². The van der Waals surface area contributed by atoms with Gasteiger partial charge in [0, 0.05) is 12.8 Å². The number of carbonyl (C=O) groups is 2. The molecule has 25 heavy (non-hydrogen) atoms. The van der Waals surface area contributed by atoms with Crippen LogP contribution in [-0.2, 0) is 27.2 Å². The van der Waals surface area contributed by atoms with Gasteiger partial charge in [0.15, 0.2) is 0 Å². The predicted octanol–water partition coefficient (Wildman–Crippen LogP) is 3.14. The number of amides is 1. The van der Waals surface area contributed by atoms with E-state index in [1.54, 1.807) is 0 Å². The Hall–Kier alpha value is -2.62. The highest BCUT2D eigenvalue weighted by Crippen LogP contribution is 2.12. The van der Waals surface area contributed by atoms with Gasteiger partial charge in [-0.15, -0.1) is 0 Å². The number of hydrogen-bond donors (Lipinski definition) is 1. The third kappa shape index (κ3) is 5.75. The van der Waals surface area contributed by atoms with Crippen LogP contribution in [0.1, 0.15) is 28.7 Å². The molecule has 0 unspecified atom stereocenters. The van der Waals surface area contributed by atoms with Gasteiger partial charge in [0.1, 0.15) is 6.04 Å². The molecule has 2 aromatic carbocycles. The monoisotopic (exact) mass is 339 g/mol. The average molecular weight is 339 g/mol. The van der Waals surface area contributed by atoms with Crippen molar-refractivity contribution in [3.05, 3.63) is 70.8 Å². The van der Waals surface area contributed by atoms with E-state index in [1.807, 2.05) is 62.4 Å². The van der Waals surface area contributed by atoms with Crippen molar-refractivity contribution in [1.82, 2.24) is 5.32 Å². The summed E-state index contributed by atoms with van der Waals surface area (Å²) in [5.74, 6) is -0.575. The van der Waals surface area contributed by atoms with Crippen molar-refractivity contribution in [2.24, 2.45) is 0 Å². The number of hydrogen-bond acceptors (Lipinski definition) is 3. The zero-order valence-corrected chi connectivity index (χ0v) is 15.0. The summed E-state index contributed by atoms with van der Waals surface area (Å²) in [5.41, 5.74) is 4.46. The predicted molar refractivity (Wildman–Crippen MR) is 98.3 cm³/mol. The molecule has 0 bridgehead atoms. The topological polar surface area (TPSA) is 55.4 Å². The largest absolute Gasteiger partial charge is 0.467 e. The van der Waals surface area contributed by atoms with Gasteiger partial charge in [0.25, 0.3) is 0 Å². The molecule has 4 heteroatoms. The van der Waals surface area contributed by atoms with Gasteiger partial charge >= 0.3 is 5.97 Å². The van der Waals surface area contributed by atoms with E-state index >= 15 is 0 Å². The van der Waals surface area contributed by atoms with Gasteiger partial charge in [-0.3, -0.25) is 4.79 Å². The fraction of sp³-hybridized carbons (Fsp3) is 0.333. The Morgan fingerprint density at radius 3 is 2.36 bits per heavy atom. The Morgan fingerprint density at radius 2 is 1.72 bits per heavy atom. The second kappa shape index (κ2) is 9.02. The van der Waals surface area contributed by atoms with Gasteiger partial charge in [0.05, 0.1) is 7.11 Å². The first-order chi connectivity index (χ1) is 12.0. The van der Waals surface area contributed by atoms with Crippen LogP contribution in [0.25, 0.3) is 0 Å². The number of benzene rings is 2. The molecule has 0 radical (unpaired) electrons. The smallest absolute Gasteiger partial charge is 0.328 e. The van der Waals surface area contributed by atoms with Crippen molar-refractivity contribution in [1.29, 1.82) is 0 Å². The lowest BCUT2D eigenvalue weighted by Gasteiger charge is -2.17. The second-order valence-corrected chi connectivity index (χ2v) is 6.25. The molecule has 0 saturated carbocycles. The van der Waals surface area contributed by atoms with E-state index in [9.17, 15) is 9.59 Å². The third-order valence-electron chi connectivity index (χ3n) is 4.32. The fourth-order valence-electron chi connectivity index (χ4n) is 2.67. The van der Waals surface area contributed by atoms with Crippen LogP contribution in [0, 0.1) is 13.8 Å². The molecule has 4 nitrogen and oxygen atoms in total. The van der Waals surface area contributed by atoms with Crippen molar-refractivity contribution < 1.29 is 14.3 Å². The molecule has 0 heterocycles. The average Bonchev–Trinajstić information content (AvgIpc) is 2.62. The number of rotatable bonds is 7. The van der Waals surface area contributed by atoms with E-state index in [1.165, 1.54) is 12.7 Å². The summed E-state index contributed by atoms with van der Waals surface area (Å²) in [5, 5.41) is 2.81. The van der Waals surface area contributed by atoms with Crippen LogP contribution in [0.3, 0.4) is 0 Å². The Balaban J connectivity index is 1.98. The molecule has 0 aliphatic rings. The Kier molecular flexibility index (Phi) is 6.75. The van der Waals surface area contributed by atoms with Gasteiger partial charge in [0.2, 0.25) is 5.91 Å². The molecule has 0 spiro atoms. The lowest BCUT2D eigenvalue weighted by atomic mass is 10.0. The Morgan fingerprint density at radius 1 is 1.00 bits per heavy atom. The molecule has 0 aliphatic heterocycles. The van der Waals surface area contributed by atoms with Crippen LogP contribution < -0.4 is 5.32 Å². The van der Waals surface area contributed by atoms with Gasteiger partial charge in [-0.25, -0.2) is 4.79 Å². The van der Waals surface area contributed by atoms with Crippen LogP contribution in [0.15, 0.2) is 48.5 Å². The molecule has 0 fully saturated rings. The van der Waals surface area contributed by atoms with E-state index < -0.39 is 12.0 Å². The van der Waals surface area contributed by atoms with Crippen LogP contribution in [-0.4, -0.2) is 25.0 Å². The van der Waals surface area contributed by atoms with E-state index in [0.29, 0.717) is 19.3 Å². The minimum absolute atomic E-state index is 0.150. The molecule has 2 aromatic rings. The lowest BCUT2D eigenvalue weighted by molar-refractivity contribution is -0.145. The summed E-state index contributed by atoms with van der Waals surface area (Å²) >= 11 is 0. The standard InChI is InChI=1S/C21H25NO3/c1-15-9-10-18(13-16(15)2)14-19(21(24)25-3)22-20(23)12-11-17-7-5-4-6-8-17/h4-10,13,19H,11-12,14H2,1-3H3,(H,22,23)/t19-/m0/s1. The van der Waals surface area contributed by atoms with Gasteiger partial charge < -0.3 is 10.1 Å². The summed E-state index contributed by atoms with van der Waals surface area (Å²) in [6, 6.07) is 15.2. The molecule has 1 amide bonds. The fourth-order valence-corrected chi connectivity index (χ4v) is 2.67. The first-order valence-corrected chi connectivity index (χ1v) is 8.47. The first-order valence-electron chi connectivity index (χ1n) is 8.47.